The number of aryl methyl sites for hydroxylation is 1. The van der Waals surface area contributed by atoms with E-state index in [1.54, 1.807) is 23.2 Å². The summed E-state index contributed by atoms with van der Waals surface area (Å²) in [4.78, 5) is 43.7. The molecule has 11 heteroatoms. The van der Waals surface area contributed by atoms with Gasteiger partial charge in [0.15, 0.2) is 11.5 Å². The van der Waals surface area contributed by atoms with E-state index in [1.165, 1.54) is 28.8 Å². The Kier molecular flexibility index (Phi) is 8.48. The van der Waals surface area contributed by atoms with Crippen molar-refractivity contribution < 1.29 is 18.3 Å². The molecule has 1 aromatic carbocycles. The zero-order chi connectivity index (χ0) is 32.8. The maximum Gasteiger partial charge on any atom is 0.355 e. The summed E-state index contributed by atoms with van der Waals surface area (Å²) in [5, 5.41) is 0.263. The molecule has 0 bridgehead atoms. The van der Waals surface area contributed by atoms with Crippen molar-refractivity contribution in [3.8, 4) is 22.7 Å². The first-order valence-corrected chi connectivity index (χ1v) is 15.0. The van der Waals surface area contributed by atoms with E-state index in [0.29, 0.717) is 31.0 Å². The van der Waals surface area contributed by atoms with E-state index in [1.807, 2.05) is 53.4 Å². The summed E-state index contributed by atoms with van der Waals surface area (Å²) in [6.45, 7) is 17.7. The maximum absolute atomic E-state index is 16.3. The summed E-state index contributed by atoms with van der Waals surface area (Å²) < 4.78 is 39.2. The number of carbonyl (C=O) groups excluding carboxylic acids is 1. The number of piperazine rings is 1. The monoisotopic (exact) mass is 616 g/mol. The Morgan fingerprint density at radius 3 is 2.51 bits per heavy atom. The predicted molar refractivity (Wildman–Crippen MR) is 171 cm³/mol. The number of hydrogen-bond acceptors (Lipinski definition) is 7. The molecular formula is C34H38F2N6O3. The standard InChI is InChI=1S/C34H38F2N6O3/c1-9-26(43)40-15-16-41(21(5)18-40)31-22-17-24(36)29(27-23(35)11-10-12-25(27)45-34(6,7)8)38-32(22)42(33(44)39-31)30-20(4)13-14-37-28(30)19(2)3/h9-14,17,19,21H,1,15-16,18H2,2-8H3/t21-/m0/s1. The molecule has 0 unspecified atom stereocenters. The van der Waals surface area contributed by atoms with Crippen LogP contribution in [-0.4, -0.2) is 61.6 Å². The van der Waals surface area contributed by atoms with Crippen LogP contribution in [0.25, 0.3) is 28.0 Å². The lowest BCUT2D eigenvalue weighted by Crippen LogP contribution is -2.54. The van der Waals surface area contributed by atoms with Crippen molar-refractivity contribution in [2.75, 3.05) is 24.5 Å². The number of halogens is 2. The third kappa shape index (κ3) is 6.03. The van der Waals surface area contributed by atoms with Crippen molar-refractivity contribution in [2.24, 2.45) is 0 Å². The molecule has 1 aliphatic heterocycles. The Morgan fingerprint density at radius 2 is 1.87 bits per heavy atom. The third-order valence-electron chi connectivity index (χ3n) is 7.74. The summed E-state index contributed by atoms with van der Waals surface area (Å²) in [6, 6.07) is 7.03. The van der Waals surface area contributed by atoms with Crippen LogP contribution in [-0.2, 0) is 4.79 Å². The minimum Gasteiger partial charge on any atom is -0.487 e. The molecule has 0 spiro atoms. The Hall–Kier alpha value is -4.67. The van der Waals surface area contributed by atoms with Gasteiger partial charge in [-0.15, -0.1) is 0 Å². The Balaban J connectivity index is 1.84. The lowest BCUT2D eigenvalue weighted by Gasteiger charge is -2.40. The average molecular weight is 617 g/mol. The van der Waals surface area contributed by atoms with E-state index >= 15 is 8.78 Å². The Morgan fingerprint density at radius 1 is 1.13 bits per heavy atom. The van der Waals surface area contributed by atoms with E-state index in [4.69, 9.17) is 9.72 Å². The number of pyridine rings is 2. The van der Waals surface area contributed by atoms with Crippen LogP contribution in [0.15, 0.2) is 54.0 Å². The quantitative estimate of drug-likeness (QED) is 0.247. The van der Waals surface area contributed by atoms with Gasteiger partial charge in [-0.3, -0.25) is 9.78 Å². The van der Waals surface area contributed by atoms with E-state index in [2.05, 4.69) is 16.5 Å². The van der Waals surface area contributed by atoms with Crippen molar-refractivity contribution in [3.63, 3.8) is 0 Å². The molecule has 1 atom stereocenters. The second-order valence-electron chi connectivity index (χ2n) is 12.6. The fourth-order valence-corrected chi connectivity index (χ4v) is 5.74. The number of benzene rings is 1. The molecular weight excluding hydrogens is 578 g/mol. The van der Waals surface area contributed by atoms with E-state index in [0.717, 1.165) is 5.56 Å². The molecule has 0 saturated carbocycles. The van der Waals surface area contributed by atoms with E-state index in [9.17, 15) is 9.59 Å². The summed E-state index contributed by atoms with van der Waals surface area (Å²) in [5.41, 5.74) is 0.159. The number of anilines is 1. The number of carbonyl (C=O) groups is 1. The van der Waals surface area contributed by atoms with Crippen LogP contribution in [0.4, 0.5) is 14.6 Å². The molecule has 0 N–H and O–H groups in total. The third-order valence-corrected chi connectivity index (χ3v) is 7.74. The van der Waals surface area contributed by atoms with Crippen molar-refractivity contribution >= 4 is 22.8 Å². The number of aromatic nitrogens is 4. The molecule has 4 aromatic rings. The topological polar surface area (TPSA) is 93.5 Å². The van der Waals surface area contributed by atoms with Crippen LogP contribution in [0, 0.1) is 18.6 Å². The zero-order valence-corrected chi connectivity index (χ0v) is 26.7. The first-order valence-electron chi connectivity index (χ1n) is 15.0. The summed E-state index contributed by atoms with van der Waals surface area (Å²) in [7, 11) is 0. The normalized spacial score (nSPS) is 15.6. The van der Waals surface area contributed by atoms with Crippen molar-refractivity contribution in [3.05, 3.63) is 82.6 Å². The molecule has 0 aliphatic carbocycles. The van der Waals surface area contributed by atoms with Gasteiger partial charge in [0.2, 0.25) is 5.91 Å². The van der Waals surface area contributed by atoms with Gasteiger partial charge in [-0.25, -0.2) is 23.1 Å². The van der Waals surface area contributed by atoms with Gasteiger partial charge in [-0.2, -0.15) is 4.98 Å². The molecule has 9 nitrogen and oxygen atoms in total. The van der Waals surface area contributed by atoms with Crippen molar-refractivity contribution in [1.82, 2.24) is 24.4 Å². The Bertz CT molecular complexity index is 1860. The highest BCUT2D eigenvalue weighted by Crippen LogP contribution is 2.38. The summed E-state index contributed by atoms with van der Waals surface area (Å²) >= 11 is 0. The van der Waals surface area contributed by atoms with E-state index in [-0.39, 0.29) is 51.7 Å². The fourth-order valence-electron chi connectivity index (χ4n) is 5.74. The Labute approximate surface area is 261 Å². The fraction of sp³-hybridized carbons (Fsp3) is 0.382. The van der Waals surface area contributed by atoms with Gasteiger partial charge in [0.05, 0.1) is 22.3 Å². The van der Waals surface area contributed by atoms with Gasteiger partial charge in [0.1, 0.15) is 28.7 Å². The largest absolute Gasteiger partial charge is 0.487 e. The number of hydrogen-bond donors (Lipinski definition) is 0. The molecule has 0 radical (unpaired) electrons. The van der Waals surface area contributed by atoms with Gasteiger partial charge in [-0.1, -0.05) is 26.5 Å². The average Bonchev–Trinajstić information content (AvgIpc) is 2.96. The predicted octanol–water partition coefficient (Wildman–Crippen LogP) is 5.95. The van der Waals surface area contributed by atoms with Gasteiger partial charge in [-0.05, 0) is 76.4 Å². The van der Waals surface area contributed by atoms with Crippen LogP contribution < -0.4 is 15.3 Å². The van der Waals surface area contributed by atoms with Crippen molar-refractivity contribution in [2.45, 2.75) is 66.0 Å². The molecule has 1 fully saturated rings. The number of rotatable bonds is 6. The molecule has 45 heavy (non-hydrogen) atoms. The van der Waals surface area contributed by atoms with Crippen LogP contribution in [0.1, 0.15) is 58.7 Å². The molecule has 4 heterocycles. The highest BCUT2D eigenvalue weighted by atomic mass is 19.1. The van der Waals surface area contributed by atoms with Crippen LogP contribution >= 0.6 is 0 Å². The molecule has 1 aliphatic rings. The van der Waals surface area contributed by atoms with Gasteiger partial charge in [0.25, 0.3) is 0 Å². The highest BCUT2D eigenvalue weighted by molar-refractivity contribution is 5.91. The summed E-state index contributed by atoms with van der Waals surface area (Å²) in [5.74, 6) is -1.44. The minimum atomic E-state index is -0.806. The molecule has 1 amide bonds. The first-order chi connectivity index (χ1) is 21.2. The lowest BCUT2D eigenvalue weighted by atomic mass is 10.0. The molecule has 236 valence electrons. The van der Waals surface area contributed by atoms with Crippen molar-refractivity contribution in [1.29, 1.82) is 0 Å². The van der Waals surface area contributed by atoms with Crippen LogP contribution in [0.3, 0.4) is 0 Å². The number of ether oxygens (including phenoxy) is 1. The van der Waals surface area contributed by atoms with Crippen LogP contribution in [0.2, 0.25) is 0 Å². The zero-order valence-electron chi connectivity index (χ0n) is 26.7. The first kappa shape index (κ1) is 31.7. The SMILES string of the molecule is C=CC(=O)N1CCN(c2nc(=O)n(-c3c(C)ccnc3C(C)C)c3nc(-c4c(F)cccc4OC(C)(C)C)c(F)cc23)[C@@H](C)C1. The molecule has 3 aromatic heterocycles. The maximum atomic E-state index is 16.3. The van der Waals surface area contributed by atoms with Gasteiger partial charge in [0, 0.05) is 31.9 Å². The van der Waals surface area contributed by atoms with Crippen LogP contribution in [0.5, 0.6) is 5.75 Å². The number of fused-ring (bicyclic) bond motifs is 1. The second-order valence-corrected chi connectivity index (χ2v) is 12.6. The summed E-state index contributed by atoms with van der Waals surface area (Å²) in [6.07, 6.45) is 2.93. The van der Waals surface area contributed by atoms with Gasteiger partial charge >= 0.3 is 5.69 Å². The van der Waals surface area contributed by atoms with Gasteiger partial charge < -0.3 is 14.5 Å². The molecule has 1 saturated heterocycles. The number of nitrogens with zero attached hydrogens (tertiary/aromatic N) is 6. The molecule has 5 rings (SSSR count). The van der Waals surface area contributed by atoms with E-state index < -0.39 is 22.9 Å². The minimum absolute atomic E-state index is 0.0738. The highest BCUT2D eigenvalue weighted by Gasteiger charge is 2.31. The smallest absolute Gasteiger partial charge is 0.355 e. The lowest BCUT2D eigenvalue weighted by molar-refractivity contribution is -0.126. The second kappa shape index (κ2) is 12.0. The number of amides is 1.